The third-order valence-electron chi connectivity index (χ3n) is 4.88. The van der Waals surface area contributed by atoms with E-state index in [-0.39, 0.29) is 6.04 Å². The molecule has 4 unspecified atom stereocenters. The van der Waals surface area contributed by atoms with Gasteiger partial charge in [-0.15, -0.1) is 6.42 Å². The van der Waals surface area contributed by atoms with E-state index in [0.717, 1.165) is 18.4 Å². The van der Waals surface area contributed by atoms with E-state index < -0.39 is 0 Å². The summed E-state index contributed by atoms with van der Waals surface area (Å²) in [5.41, 5.74) is 0. The Morgan fingerprint density at radius 3 is 2.68 bits per heavy atom. The van der Waals surface area contributed by atoms with E-state index in [9.17, 15) is 0 Å². The van der Waals surface area contributed by atoms with Crippen molar-refractivity contribution in [3.63, 3.8) is 0 Å². The van der Waals surface area contributed by atoms with Crippen LogP contribution in [0.25, 0.3) is 0 Å². The van der Waals surface area contributed by atoms with Crippen molar-refractivity contribution in [2.45, 2.75) is 82.8 Å². The third-order valence-corrected chi connectivity index (χ3v) is 4.88. The molecule has 4 atom stereocenters. The molecule has 1 heterocycles. The smallest absolute Gasteiger partial charge is 0.0689 e. The number of hydrogen-bond donors (Lipinski definition) is 2. The second kappa shape index (κ2) is 7.92. The Morgan fingerprint density at radius 1 is 1.21 bits per heavy atom. The molecule has 19 heavy (non-hydrogen) atoms. The highest BCUT2D eigenvalue weighted by atomic mass is 15.0. The molecule has 1 saturated carbocycles. The largest absolute Gasteiger partial charge is 0.314 e. The average Bonchev–Trinajstić information content (AvgIpc) is 2.48. The zero-order chi connectivity index (χ0) is 13.5. The first-order chi connectivity index (χ1) is 9.35. The lowest BCUT2D eigenvalue weighted by Crippen LogP contribution is -2.52. The highest BCUT2D eigenvalue weighted by Gasteiger charge is 2.33. The van der Waals surface area contributed by atoms with Crippen molar-refractivity contribution in [2.75, 3.05) is 6.54 Å². The monoisotopic (exact) mass is 262 g/mol. The molecule has 2 aliphatic rings. The molecule has 0 bridgehead atoms. The van der Waals surface area contributed by atoms with Crippen molar-refractivity contribution >= 4 is 0 Å². The van der Waals surface area contributed by atoms with E-state index in [2.05, 4.69) is 23.5 Å². The number of piperidine rings is 1. The van der Waals surface area contributed by atoms with Crippen molar-refractivity contribution in [3.05, 3.63) is 0 Å². The molecule has 1 aliphatic carbocycles. The summed E-state index contributed by atoms with van der Waals surface area (Å²) in [5, 5.41) is 7.53. The number of terminal acetylenes is 1. The predicted octanol–water partition coefficient (Wildman–Crippen LogP) is 3.08. The van der Waals surface area contributed by atoms with Crippen LogP contribution in [0.15, 0.2) is 0 Å². The first-order valence-electron chi connectivity index (χ1n) is 8.30. The molecule has 108 valence electrons. The van der Waals surface area contributed by atoms with Crippen LogP contribution in [-0.4, -0.2) is 24.7 Å². The maximum atomic E-state index is 5.67. The summed E-state index contributed by atoms with van der Waals surface area (Å²) in [6.45, 7) is 3.43. The van der Waals surface area contributed by atoms with Crippen LogP contribution in [0.4, 0.5) is 0 Å². The maximum Gasteiger partial charge on any atom is 0.0689 e. The molecule has 2 N–H and O–H groups in total. The van der Waals surface area contributed by atoms with E-state index >= 15 is 0 Å². The summed E-state index contributed by atoms with van der Waals surface area (Å²) >= 11 is 0. The summed E-state index contributed by atoms with van der Waals surface area (Å²) in [6.07, 6.45) is 17.5. The van der Waals surface area contributed by atoms with Gasteiger partial charge in [0.2, 0.25) is 0 Å². The zero-order valence-electron chi connectivity index (χ0n) is 12.5. The van der Waals surface area contributed by atoms with E-state index in [1.165, 1.54) is 57.9 Å². The molecule has 0 aromatic heterocycles. The van der Waals surface area contributed by atoms with Crippen LogP contribution >= 0.6 is 0 Å². The number of hydrogen-bond acceptors (Lipinski definition) is 2. The van der Waals surface area contributed by atoms with Gasteiger partial charge in [-0.1, -0.05) is 38.5 Å². The summed E-state index contributed by atoms with van der Waals surface area (Å²) in [7, 11) is 0. The second-order valence-corrected chi connectivity index (χ2v) is 6.29. The van der Waals surface area contributed by atoms with Crippen molar-refractivity contribution in [2.24, 2.45) is 5.92 Å². The Hall–Kier alpha value is -0.520. The molecule has 0 spiro atoms. The highest BCUT2D eigenvalue weighted by Crippen LogP contribution is 2.30. The molecule has 2 nitrogen and oxygen atoms in total. The van der Waals surface area contributed by atoms with Crippen LogP contribution < -0.4 is 10.6 Å². The summed E-state index contributed by atoms with van der Waals surface area (Å²) in [4.78, 5) is 0. The molecular formula is C17H30N2. The van der Waals surface area contributed by atoms with E-state index in [1.54, 1.807) is 0 Å². The maximum absolute atomic E-state index is 5.67. The van der Waals surface area contributed by atoms with Crippen LogP contribution in [0.1, 0.15) is 64.7 Å². The van der Waals surface area contributed by atoms with E-state index in [1.807, 2.05) is 0 Å². The molecular weight excluding hydrogens is 232 g/mol. The quantitative estimate of drug-likeness (QED) is 0.744. The second-order valence-electron chi connectivity index (χ2n) is 6.29. The fourth-order valence-corrected chi connectivity index (χ4v) is 3.85. The van der Waals surface area contributed by atoms with Gasteiger partial charge in [0.1, 0.15) is 0 Å². The minimum Gasteiger partial charge on any atom is -0.314 e. The minimum absolute atomic E-state index is 0.277. The molecule has 2 heteroatoms. The van der Waals surface area contributed by atoms with Gasteiger partial charge < -0.3 is 10.6 Å². The fourth-order valence-electron chi connectivity index (χ4n) is 3.85. The molecule has 0 aromatic carbocycles. The van der Waals surface area contributed by atoms with E-state index in [4.69, 9.17) is 6.42 Å². The lowest BCUT2D eigenvalue weighted by Gasteiger charge is -2.41. The van der Waals surface area contributed by atoms with Gasteiger partial charge in [-0.3, -0.25) is 0 Å². The molecule has 0 aromatic rings. The normalized spacial score (nSPS) is 33.6. The summed E-state index contributed by atoms with van der Waals surface area (Å²) in [5.74, 6) is 3.74. The number of rotatable bonds is 5. The molecule has 1 aliphatic heterocycles. The topological polar surface area (TPSA) is 24.1 Å². The Morgan fingerprint density at radius 2 is 2.00 bits per heavy atom. The Labute approximate surface area is 119 Å². The molecule has 0 amide bonds. The van der Waals surface area contributed by atoms with Gasteiger partial charge in [-0.25, -0.2) is 0 Å². The first-order valence-corrected chi connectivity index (χ1v) is 8.30. The van der Waals surface area contributed by atoms with Crippen LogP contribution in [0.5, 0.6) is 0 Å². The molecule has 2 rings (SSSR count). The van der Waals surface area contributed by atoms with Gasteiger partial charge in [-0.05, 0) is 44.6 Å². The molecule has 1 saturated heterocycles. The molecule has 2 fully saturated rings. The third kappa shape index (κ3) is 4.23. The van der Waals surface area contributed by atoms with Crippen LogP contribution in [0, 0.1) is 18.3 Å². The lowest BCUT2D eigenvalue weighted by molar-refractivity contribution is 0.176. The Kier molecular flexibility index (Phi) is 6.20. The van der Waals surface area contributed by atoms with Crippen LogP contribution in [0.2, 0.25) is 0 Å². The van der Waals surface area contributed by atoms with Gasteiger partial charge in [0.15, 0.2) is 0 Å². The van der Waals surface area contributed by atoms with Crippen LogP contribution in [0.3, 0.4) is 0 Å². The summed E-state index contributed by atoms with van der Waals surface area (Å²) < 4.78 is 0. The van der Waals surface area contributed by atoms with Crippen molar-refractivity contribution < 1.29 is 0 Å². The van der Waals surface area contributed by atoms with Crippen molar-refractivity contribution in [3.8, 4) is 12.3 Å². The van der Waals surface area contributed by atoms with Gasteiger partial charge in [0.05, 0.1) is 6.04 Å². The van der Waals surface area contributed by atoms with Gasteiger partial charge in [0, 0.05) is 12.1 Å². The average molecular weight is 262 g/mol. The zero-order valence-corrected chi connectivity index (χ0v) is 12.5. The Balaban J connectivity index is 1.93. The van der Waals surface area contributed by atoms with Crippen LogP contribution in [-0.2, 0) is 0 Å². The SMILES string of the molecule is C#CC(CCC)NC1CCCCC1C1CCCCN1. The van der Waals surface area contributed by atoms with Gasteiger partial charge in [-0.2, -0.15) is 0 Å². The highest BCUT2D eigenvalue weighted by molar-refractivity contribution is 5.02. The fraction of sp³-hybridized carbons (Fsp3) is 0.882. The molecule has 0 radical (unpaired) electrons. The minimum atomic E-state index is 0.277. The Bertz CT molecular complexity index is 288. The summed E-state index contributed by atoms with van der Waals surface area (Å²) in [6, 6.07) is 1.64. The van der Waals surface area contributed by atoms with Gasteiger partial charge in [0.25, 0.3) is 0 Å². The van der Waals surface area contributed by atoms with Gasteiger partial charge >= 0.3 is 0 Å². The first kappa shape index (κ1) is 14.9. The predicted molar refractivity (Wildman–Crippen MR) is 82.1 cm³/mol. The number of nitrogens with one attached hydrogen (secondary N) is 2. The van der Waals surface area contributed by atoms with Crippen molar-refractivity contribution in [1.29, 1.82) is 0 Å². The lowest BCUT2D eigenvalue weighted by atomic mass is 9.77. The van der Waals surface area contributed by atoms with Crippen molar-refractivity contribution in [1.82, 2.24) is 10.6 Å². The van der Waals surface area contributed by atoms with E-state index in [0.29, 0.717) is 6.04 Å². The standard InChI is InChI=1S/C17H30N2/c1-3-9-14(4-2)19-17-12-6-5-10-15(17)16-11-7-8-13-18-16/h2,14-19H,3,5-13H2,1H3.